The van der Waals surface area contributed by atoms with Gasteiger partial charge in [-0.1, -0.05) is 13.8 Å². The van der Waals surface area contributed by atoms with Gasteiger partial charge in [0.15, 0.2) is 0 Å². The van der Waals surface area contributed by atoms with E-state index >= 15 is 0 Å². The summed E-state index contributed by atoms with van der Waals surface area (Å²) in [7, 11) is 0. The molecule has 1 heterocycles. The Morgan fingerprint density at radius 1 is 1.36 bits per heavy atom. The molecule has 0 bridgehead atoms. The maximum Gasteiger partial charge on any atom is 0.131 e. The molecule has 1 atom stereocenters. The number of nitrogens with zero attached hydrogens (tertiary/aromatic N) is 1. The first-order valence-corrected chi connectivity index (χ1v) is 5.51. The zero-order chi connectivity index (χ0) is 11.0. The van der Waals surface area contributed by atoms with Crippen molar-refractivity contribution >= 4 is 5.78 Å². The van der Waals surface area contributed by atoms with Gasteiger partial charge in [-0.2, -0.15) is 0 Å². The molecule has 14 heavy (non-hydrogen) atoms. The van der Waals surface area contributed by atoms with Crippen LogP contribution in [0.4, 0.5) is 0 Å². The first-order valence-electron chi connectivity index (χ1n) is 5.51. The van der Waals surface area contributed by atoms with E-state index in [1.165, 1.54) is 0 Å². The highest BCUT2D eigenvalue weighted by Crippen LogP contribution is 2.06. The predicted octanol–water partition coefficient (Wildman–Crippen LogP) is 1.71. The van der Waals surface area contributed by atoms with Gasteiger partial charge in [0.25, 0.3) is 0 Å². The standard InChI is InChI=1S/C9H17NO2.C2H6/c1-8(7-9(2)11)10-3-5-12-6-4-10;1-2/h8H,3-7H2,1-2H3;1-2H3. The van der Waals surface area contributed by atoms with Crippen LogP contribution in [0.1, 0.15) is 34.1 Å². The summed E-state index contributed by atoms with van der Waals surface area (Å²) < 4.78 is 5.23. The highest BCUT2D eigenvalue weighted by Gasteiger charge is 2.17. The second-order valence-electron chi connectivity index (χ2n) is 3.40. The summed E-state index contributed by atoms with van der Waals surface area (Å²) in [6.45, 7) is 11.3. The van der Waals surface area contributed by atoms with Crippen LogP contribution in [0.3, 0.4) is 0 Å². The Labute approximate surface area is 87.4 Å². The SMILES string of the molecule is CC.CC(=O)CC(C)N1CCOCC1. The van der Waals surface area contributed by atoms with Crippen molar-refractivity contribution in [2.45, 2.75) is 40.2 Å². The minimum absolute atomic E-state index is 0.272. The molecule has 0 N–H and O–H groups in total. The Balaban J connectivity index is 0.000000791. The second-order valence-corrected chi connectivity index (χ2v) is 3.40. The van der Waals surface area contributed by atoms with Crippen LogP contribution in [0.15, 0.2) is 0 Å². The molecular weight excluding hydrogens is 178 g/mol. The van der Waals surface area contributed by atoms with E-state index in [9.17, 15) is 4.79 Å². The zero-order valence-electron chi connectivity index (χ0n) is 9.88. The van der Waals surface area contributed by atoms with Gasteiger partial charge >= 0.3 is 0 Å². The molecule has 3 heteroatoms. The Bertz CT molecular complexity index is 153. The van der Waals surface area contributed by atoms with Gasteiger partial charge in [-0.3, -0.25) is 9.69 Å². The van der Waals surface area contributed by atoms with E-state index in [1.807, 2.05) is 13.8 Å². The molecule has 0 aromatic heterocycles. The monoisotopic (exact) mass is 201 g/mol. The largest absolute Gasteiger partial charge is 0.379 e. The molecule has 0 saturated carbocycles. The number of hydrogen-bond donors (Lipinski definition) is 0. The third kappa shape index (κ3) is 5.35. The number of hydrogen-bond acceptors (Lipinski definition) is 3. The molecular formula is C11H23NO2. The topological polar surface area (TPSA) is 29.5 Å². The van der Waals surface area contributed by atoms with Crippen LogP contribution in [0.5, 0.6) is 0 Å². The van der Waals surface area contributed by atoms with Crippen molar-refractivity contribution in [2.24, 2.45) is 0 Å². The van der Waals surface area contributed by atoms with Crippen molar-refractivity contribution in [3.63, 3.8) is 0 Å². The van der Waals surface area contributed by atoms with Gasteiger partial charge in [0.05, 0.1) is 13.2 Å². The van der Waals surface area contributed by atoms with Crippen molar-refractivity contribution in [3.05, 3.63) is 0 Å². The Morgan fingerprint density at radius 2 is 1.86 bits per heavy atom. The third-order valence-electron chi connectivity index (χ3n) is 2.25. The molecule has 1 saturated heterocycles. The van der Waals surface area contributed by atoms with Gasteiger partial charge in [0, 0.05) is 25.6 Å². The quantitative estimate of drug-likeness (QED) is 0.696. The lowest BCUT2D eigenvalue weighted by Crippen LogP contribution is -2.42. The number of ether oxygens (including phenoxy) is 1. The molecule has 0 aromatic carbocycles. The van der Waals surface area contributed by atoms with Gasteiger partial charge < -0.3 is 4.74 Å². The van der Waals surface area contributed by atoms with E-state index in [1.54, 1.807) is 6.92 Å². The van der Waals surface area contributed by atoms with E-state index < -0.39 is 0 Å². The number of rotatable bonds is 3. The van der Waals surface area contributed by atoms with Crippen molar-refractivity contribution in [3.8, 4) is 0 Å². The summed E-state index contributed by atoms with van der Waals surface area (Å²) in [6, 6.07) is 0.381. The summed E-state index contributed by atoms with van der Waals surface area (Å²) in [6.07, 6.45) is 0.667. The van der Waals surface area contributed by atoms with Crippen LogP contribution >= 0.6 is 0 Å². The van der Waals surface area contributed by atoms with Crippen LogP contribution in [-0.4, -0.2) is 43.0 Å². The zero-order valence-corrected chi connectivity index (χ0v) is 9.88. The Hall–Kier alpha value is -0.410. The smallest absolute Gasteiger partial charge is 0.131 e. The normalized spacial score (nSPS) is 19.4. The fourth-order valence-electron chi connectivity index (χ4n) is 1.56. The molecule has 0 radical (unpaired) electrons. The first kappa shape index (κ1) is 13.6. The first-order chi connectivity index (χ1) is 6.70. The number of carbonyl (C=O) groups excluding carboxylic acids is 1. The number of carbonyl (C=O) groups is 1. The summed E-state index contributed by atoms with van der Waals surface area (Å²) >= 11 is 0. The van der Waals surface area contributed by atoms with Gasteiger partial charge in [0.1, 0.15) is 5.78 Å². The van der Waals surface area contributed by atoms with Crippen molar-refractivity contribution in [1.29, 1.82) is 0 Å². The Kier molecular flexibility index (Phi) is 7.71. The molecule has 1 rings (SSSR count). The molecule has 1 unspecified atom stereocenters. The van der Waals surface area contributed by atoms with Crippen LogP contribution in [0.25, 0.3) is 0 Å². The lowest BCUT2D eigenvalue weighted by molar-refractivity contribution is -0.118. The molecule has 84 valence electrons. The predicted molar refractivity (Wildman–Crippen MR) is 58.5 cm³/mol. The maximum absolute atomic E-state index is 10.8. The van der Waals surface area contributed by atoms with Crippen LogP contribution in [0.2, 0.25) is 0 Å². The minimum Gasteiger partial charge on any atom is -0.379 e. The molecule has 1 fully saturated rings. The summed E-state index contributed by atoms with van der Waals surface area (Å²) in [4.78, 5) is 13.1. The third-order valence-corrected chi connectivity index (χ3v) is 2.25. The fourth-order valence-corrected chi connectivity index (χ4v) is 1.56. The van der Waals surface area contributed by atoms with Crippen molar-refractivity contribution < 1.29 is 9.53 Å². The van der Waals surface area contributed by atoms with E-state index in [4.69, 9.17) is 4.74 Å². The van der Waals surface area contributed by atoms with Crippen LogP contribution in [-0.2, 0) is 9.53 Å². The molecule has 0 amide bonds. The van der Waals surface area contributed by atoms with Crippen LogP contribution < -0.4 is 0 Å². The molecule has 0 aliphatic carbocycles. The summed E-state index contributed by atoms with van der Waals surface area (Å²) in [5.74, 6) is 0.272. The van der Waals surface area contributed by atoms with E-state index in [0.717, 1.165) is 26.3 Å². The Morgan fingerprint density at radius 3 is 2.29 bits per heavy atom. The minimum atomic E-state index is 0.272. The van der Waals surface area contributed by atoms with Crippen LogP contribution in [0, 0.1) is 0 Å². The molecule has 1 aliphatic heterocycles. The molecule has 0 spiro atoms. The second kappa shape index (κ2) is 7.94. The maximum atomic E-state index is 10.8. The van der Waals surface area contributed by atoms with Gasteiger partial charge in [-0.25, -0.2) is 0 Å². The lowest BCUT2D eigenvalue weighted by Gasteiger charge is -2.31. The molecule has 1 aliphatic rings. The van der Waals surface area contributed by atoms with Gasteiger partial charge in [0.2, 0.25) is 0 Å². The number of morpholine rings is 1. The lowest BCUT2D eigenvalue weighted by atomic mass is 10.1. The average Bonchev–Trinajstić information content (AvgIpc) is 2.21. The van der Waals surface area contributed by atoms with E-state index in [0.29, 0.717) is 12.5 Å². The van der Waals surface area contributed by atoms with E-state index in [2.05, 4.69) is 11.8 Å². The van der Waals surface area contributed by atoms with Gasteiger partial charge in [-0.15, -0.1) is 0 Å². The fraction of sp³-hybridized carbons (Fsp3) is 0.909. The number of Topliss-reactive ketones (excluding diaryl/α,β-unsaturated/α-hetero) is 1. The summed E-state index contributed by atoms with van der Waals surface area (Å²) in [5, 5.41) is 0. The average molecular weight is 201 g/mol. The highest BCUT2D eigenvalue weighted by molar-refractivity contribution is 5.76. The van der Waals surface area contributed by atoms with Gasteiger partial charge in [-0.05, 0) is 13.8 Å². The highest BCUT2D eigenvalue weighted by atomic mass is 16.5. The van der Waals surface area contributed by atoms with Crippen molar-refractivity contribution in [2.75, 3.05) is 26.3 Å². The van der Waals surface area contributed by atoms with Crippen molar-refractivity contribution in [1.82, 2.24) is 4.90 Å². The number of ketones is 1. The molecule has 3 nitrogen and oxygen atoms in total. The van der Waals surface area contributed by atoms with E-state index in [-0.39, 0.29) is 5.78 Å². The molecule has 0 aromatic rings. The summed E-state index contributed by atoms with van der Waals surface area (Å²) in [5.41, 5.74) is 0.